The summed E-state index contributed by atoms with van der Waals surface area (Å²) in [7, 11) is 0. The molecule has 0 fully saturated rings. The monoisotopic (exact) mass is 288 g/mol. The van der Waals surface area contributed by atoms with E-state index in [2.05, 4.69) is 13.8 Å². The number of carbonyl (C=O) groups excluding carboxylic acids is 1. The van der Waals surface area contributed by atoms with Crippen LogP contribution in [0.15, 0.2) is 36.4 Å². The summed E-state index contributed by atoms with van der Waals surface area (Å²) < 4.78 is 5.18. The molecule has 0 aliphatic rings. The lowest BCUT2D eigenvalue weighted by Gasteiger charge is -2.04. The van der Waals surface area contributed by atoms with E-state index in [-0.39, 0.29) is 5.97 Å². The number of esters is 1. The van der Waals surface area contributed by atoms with Crippen molar-refractivity contribution in [2.75, 3.05) is 6.61 Å². The van der Waals surface area contributed by atoms with Crippen molar-refractivity contribution in [1.29, 1.82) is 0 Å². The smallest absolute Gasteiger partial charge is 0.330 e. The molecule has 0 aliphatic carbocycles. The molecule has 0 aliphatic heterocycles. The lowest BCUT2D eigenvalue weighted by atomic mass is 10.0. The zero-order valence-corrected chi connectivity index (χ0v) is 13.4. The van der Waals surface area contributed by atoms with Crippen molar-refractivity contribution in [3.8, 4) is 0 Å². The molecular weight excluding hydrogens is 260 g/mol. The van der Waals surface area contributed by atoms with Crippen molar-refractivity contribution in [2.24, 2.45) is 5.92 Å². The largest absolute Gasteiger partial charge is 0.463 e. The van der Waals surface area contributed by atoms with Crippen molar-refractivity contribution < 1.29 is 9.53 Å². The molecule has 0 N–H and O–H groups in total. The maximum Gasteiger partial charge on any atom is 0.330 e. The van der Waals surface area contributed by atoms with Gasteiger partial charge >= 0.3 is 5.97 Å². The van der Waals surface area contributed by atoms with Crippen LogP contribution < -0.4 is 0 Å². The summed E-state index contributed by atoms with van der Waals surface area (Å²) in [5.74, 6) is 0.556. The third kappa shape index (κ3) is 9.89. The van der Waals surface area contributed by atoms with E-state index in [1.807, 2.05) is 30.3 Å². The first kappa shape index (κ1) is 17.5. The van der Waals surface area contributed by atoms with Gasteiger partial charge in [0.1, 0.15) is 0 Å². The first-order valence-corrected chi connectivity index (χ1v) is 8.08. The molecule has 2 nitrogen and oxygen atoms in total. The lowest BCUT2D eigenvalue weighted by Crippen LogP contribution is -2.02. The molecular formula is C19H28O2. The molecule has 0 spiro atoms. The van der Waals surface area contributed by atoms with Gasteiger partial charge in [-0.25, -0.2) is 4.79 Å². The molecule has 21 heavy (non-hydrogen) atoms. The maximum atomic E-state index is 11.5. The van der Waals surface area contributed by atoms with E-state index < -0.39 is 0 Å². The summed E-state index contributed by atoms with van der Waals surface area (Å²) in [4.78, 5) is 11.5. The summed E-state index contributed by atoms with van der Waals surface area (Å²) >= 11 is 0. The number of carbonyl (C=O) groups is 1. The number of unbranched alkanes of at least 4 members (excludes halogenated alkanes) is 4. The fourth-order valence-corrected chi connectivity index (χ4v) is 2.13. The Labute approximate surface area is 129 Å². The fraction of sp³-hybridized carbons (Fsp3) is 0.526. The molecule has 0 atom stereocenters. The Hall–Kier alpha value is -1.57. The molecule has 0 unspecified atom stereocenters. The second-order valence-electron chi connectivity index (χ2n) is 5.86. The number of ether oxygens (including phenoxy) is 1. The highest BCUT2D eigenvalue weighted by molar-refractivity contribution is 5.86. The third-order valence-corrected chi connectivity index (χ3v) is 3.38. The third-order valence-electron chi connectivity index (χ3n) is 3.38. The van der Waals surface area contributed by atoms with E-state index in [1.165, 1.54) is 31.8 Å². The highest BCUT2D eigenvalue weighted by Gasteiger charge is 1.98. The Morgan fingerprint density at radius 2 is 1.71 bits per heavy atom. The van der Waals surface area contributed by atoms with Gasteiger partial charge in [-0.05, 0) is 24.0 Å². The van der Waals surface area contributed by atoms with E-state index >= 15 is 0 Å². The Balaban J connectivity index is 2.00. The fourth-order valence-electron chi connectivity index (χ4n) is 2.13. The van der Waals surface area contributed by atoms with E-state index in [9.17, 15) is 4.79 Å². The SMILES string of the molecule is CC(C)CCCCCCCOC(=O)/C=C/c1ccccc1. The quantitative estimate of drug-likeness (QED) is 0.334. The second kappa shape index (κ2) is 11.1. The Kier molecular flexibility index (Phi) is 9.26. The van der Waals surface area contributed by atoms with Gasteiger partial charge in [-0.3, -0.25) is 0 Å². The van der Waals surface area contributed by atoms with Crippen LogP contribution in [0.2, 0.25) is 0 Å². The topological polar surface area (TPSA) is 26.3 Å². The van der Waals surface area contributed by atoms with Crippen LogP contribution in [0.3, 0.4) is 0 Å². The minimum Gasteiger partial charge on any atom is -0.463 e. The van der Waals surface area contributed by atoms with Crippen molar-refractivity contribution in [3.05, 3.63) is 42.0 Å². The number of benzene rings is 1. The molecule has 1 aromatic carbocycles. The van der Waals surface area contributed by atoms with E-state index in [4.69, 9.17) is 4.74 Å². The van der Waals surface area contributed by atoms with Gasteiger partial charge in [-0.2, -0.15) is 0 Å². The van der Waals surface area contributed by atoms with Crippen LogP contribution in [-0.4, -0.2) is 12.6 Å². The highest BCUT2D eigenvalue weighted by atomic mass is 16.5. The molecule has 116 valence electrons. The molecule has 0 radical (unpaired) electrons. The zero-order chi connectivity index (χ0) is 15.3. The van der Waals surface area contributed by atoms with Gasteiger partial charge in [0.05, 0.1) is 6.61 Å². The van der Waals surface area contributed by atoms with E-state index in [1.54, 1.807) is 6.08 Å². The molecule has 0 saturated carbocycles. The molecule has 2 heteroatoms. The minimum atomic E-state index is -0.251. The van der Waals surface area contributed by atoms with Gasteiger partial charge in [0.15, 0.2) is 0 Å². The summed E-state index contributed by atoms with van der Waals surface area (Å²) in [5, 5.41) is 0. The van der Waals surface area contributed by atoms with Crippen LogP contribution in [0.5, 0.6) is 0 Å². The molecule has 0 amide bonds. The van der Waals surface area contributed by atoms with Gasteiger partial charge in [0.25, 0.3) is 0 Å². The molecule has 1 aromatic rings. The number of hydrogen-bond donors (Lipinski definition) is 0. The van der Waals surface area contributed by atoms with Crippen molar-refractivity contribution in [1.82, 2.24) is 0 Å². The van der Waals surface area contributed by atoms with Crippen LogP contribution in [0.1, 0.15) is 57.9 Å². The van der Waals surface area contributed by atoms with Crippen LogP contribution in [-0.2, 0) is 9.53 Å². The van der Waals surface area contributed by atoms with Gasteiger partial charge in [0.2, 0.25) is 0 Å². The molecule has 0 bridgehead atoms. The highest BCUT2D eigenvalue weighted by Crippen LogP contribution is 2.10. The molecule has 1 rings (SSSR count). The summed E-state index contributed by atoms with van der Waals surface area (Å²) in [6, 6.07) is 9.77. The van der Waals surface area contributed by atoms with E-state index in [0.717, 1.165) is 24.3 Å². The average Bonchev–Trinajstić information content (AvgIpc) is 2.48. The van der Waals surface area contributed by atoms with E-state index in [0.29, 0.717) is 6.61 Å². The summed E-state index contributed by atoms with van der Waals surface area (Å²) in [6.45, 7) is 5.06. The number of hydrogen-bond acceptors (Lipinski definition) is 2. The molecule has 0 heterocycles. The Bertz CT molecular complexity index is 407. The lowest BCUT2D eigenvalue weighted by molar-refractivity contribution is -0.137. The van der Waals surface area contributed by atoms with Crippen molar-refractivity contribution in [2.45, 2.75) is 52.4 Å². The van der Waals surface area contributed by atoms with Crippen molar-refractivity contribution in [3.63, 3.8) is 0 Å². The zero-order valence-electron chi connectivity index (χ0n) is 13.4. The second-order valence-corrected chi connectivity index (χ2v) is 5.86. The molecule has 0 saturated heterocycles. The van der Waals surface area contributed by atoms with Crippen LogP contribution in [0.4, 0.5) is 0 Å². The standard InChI is InChI=1S/C19H28O2/c1-17(2)11-7-4-3-5-10-16-21-19(20)15-14-18-12-8-6-9-13-18/h6,8-9,12-15,17H,3-5,7,10-11,16H2,1-2H3/b15-14+. The average molecular weight is 288 g/mol. The summed E-state index contributed by atoms with van der Waals surface area (Å²) in [5.41, 5.74) is 1.01. The first-order valence-electron chi connectivity index (χ1n) is 8.08. The van der Waals surface area contributed by atoms with Crippen molar-refractivity contribution >= 4 is 12.0 Å². The Morgan fingerprint density at radius 1 is 1.05 bits per heavy atom. The summed E-state index contributed by atoms with van der Waals surface area (Å²) in [6.07, 6.45) is 10.6. The van der Waals surface area contributed by atoms with Gasteiger partial charge in [-0.15, -0.1) is 0 Å². The van der Waals surface area contributed by atoms with Gasteiger partial charge in [-0.1, -0.05) is 76.3 Å². The Morgan fingerprint density at radius 3 is 2.43 bits per heavy atom. The maximum absolute atomic E-state index is 11.5. The number of rotatable bonds is 10. The van der Waals surface area contributed by atoms with Gasteiger partial charge in [0, 0.05) is 6.08 Å². The van der Waals surface area contributed by atoms with Gasteiger partial charge < -0.3 is 4.74 Å². The minimum absolute atomic E-state index is 0.251. The normalized spacial score (nSPS) is 11.2. The van der Waals surface area contributed by atoms with Crippen LogP contribution in [0.25, 0.3) is 6.08 Å². The van der Waals surface area contributed by atoms with Crippen LogP contribution >= 0.6 is 0 Å². The predicted octanol–water partition coefficient (Wildman–Crippen LogP) is 5.24. The van der Waals surface area contributed by atoms with Crippen LogP contribution in [0, 0.1) is 5.92 Å². The molecule has 0 aromatic heterocycles. The predicted molar refractivity (Wildman–Crippen MR) is 89.0 cm³/mol. The first-order chi connectivity index (χ1) is 10.2.